The van der Waals surface area contributed by atoms with E-state index >= 15 is 0 Å². The van der Waals surface area contributed by atoms with Crippen LogP contribution in [-0.4, -0.2) is 36.7 Å². The van der Waals surface area contributed by atoms with Gasteiger partial charge in [0.2, 0.25) is 0 Å². The van der Waals surface area contributed by atoms with Crippen LogP contribution >= 0.6 is 0 Å². The minimum absolute atomic E-state index is 0.194. The Morgan fingerprint density at radius 2 is 2.00 bits per heavy atom. The van der Waals surface area contributed by atoms with Crippen LogP contribution in [-0.2, 0) is 9.57 Å². The first-order chi connectivity index (χ1) is 12.1. The smallest absolute Gasteiger partial charge is 0.356 e. The van der Waals surface area contributed by atoms with E-state index in [1.165, 1.54) is 26.5 Å². The molecule has 1 aromatic carbocycles. The zero-order valence-corrected chi connectivity index (χ0v) is 14.1. The summed E-state index contributed by atoms with van der Waals surface area (Å²) in [6.07, 6.45) is 1.46. The van der Waals surface area contributed by atoms with Crippen molar-refractivity contribution in [2.24, 2.45) is 0 Å². The molecule has 1 aromatic heterocycles. The summed E-state index contributed by atoms with van der Waals surface area (Å²) in [5.74, 6) is 5.81. The monoisotopic (exact) mass is 341 g/mol. The van der Waals surface area contributed by atoms with Gasteiger partial charge in [0.1, 0.15) is 17.0 Å². The number of hydrogen-bond donors (Lipinski definition) is 0. The number of rotatable bonds is 5. The molecule has 0 amide bonds. The van der Waals surface area contributed by atoms with Crippen molar-refractivity contribution in [3.63, 3.8) is 0 Å². The molecule has 128 valence electrons. The first kappa shape index (κ1) is 17.9. The maximum Gasteiger partial charge on any atom is 0.356 e. The number of carbonyl (C=O) groups is 1. The summed E-state index contributed by atoms with van der Waals surface area (Å²) in [6.45, 7) is 2.33. The van der Waals surface area contributed by atoms with Gasteiger partial charge < -0.3 is 9.47 Å². The van der Waals surface area contributed by atoms with E-state index < -0.39 is 5.97 Å². The number of nitrogens with zero attached hydrogens (tertiary/aromatic N) is 2. The second kappa shape index (κ2) is 8.45. The normalized spacial score (nSPS) is 9.56. The molecule has 0 atom stereocenters. The predicted octanol–water partition coefficient (Wildman–Crippen LogP) is 2.64. The molecule has 0 aliphatic rings. The number of benzene rings is 1. The summed E-state index contributed by atoms with van der Waals surface area (Å²) in [4.78, 5) is 32.3. The highest BCUT2D eigenvalue weighted by Gasteiger charge is 2.21. The number of hydrogen-bond acceptors (Lipinski definition) is 6. The number of methoxy groups -OCH3 is 1. The summed E-state index contributed by atoms with van der Waals surface area (Å²) in [7, 11) is 2.56. The van der Waals surface area contributed by atoms with E-state index in [2.05, 4.69) is 21.6 Å². The fourth-order valence-electron chi connectivity index (χ4n) is 1.96. The molecule has 2 aromatic rings. The fourth-order valence-corrected chi connectivity index (χ4v) is 1.96. The van der Waals surface area contributed by atoms with Crippen LogP contribution in [0.2, 0.25) is 0 Å². The van der Waals surface area contributed by atoms with E-state index in [0.29, 0.717) is 28.4 Å². The van der Waals surface area contributed by atoms with Crippen LogP contribution in [0.5, 0.6) is 5.75 Å². The number of carbonyl (C=O) groups excluding carboxylic acids is 1. The lowest BCUT2D eigenvalue weighted by atomic mass is 10.1. The van der Waals surface area contributed by atoms with Gasteiger partial charge in [-0.2, -0.15) is 0 Å². The van der Waals surface area contributed by atoms with Crippen LogP contribution < -0.4 is 4.74 Å². The Morgan fingerprint density at radius 1 is 1.20 bits per heavy atom. The Hall–Kier alpha value is -3.40. The van der Waals surface area contributed by atoms with E-state index in [0.717, 1.165) is 0 Å². The highest BCUT2D eigenvalue weighted by molar-refractivity contribution is 5.87. The SMILES string of the molecule is CCOc1ccc(C#Cc2ccc(C(=O)OC)nc2)c([N+](=O)OC)c1. The molecule has 7 heteroatoms. The maximum atomic E-state index is 11.9. The molecule has 0 fully saturated rings. The predicted molar refractivity (Wildman–Crippen MR) is 89.5 cm³/mol. The molecule has 0 aliphatic carbocycles. The van der Waals surface area contributed by atoms with Gasteiger partial charge in [0.05, 0.1) is 24.7 Å². The van der Waals surface area contributed by atoms with Crippen molar-refractivity contribution in [3.8, 4) is 17.6 Å². The molecule has 0 radical (unpaired) electrons. The second-order valence-corrected chi connectivity index (χ2v) is 4.73. The third-order valence-electron chi connectivity index (χ3n) is 3.14. The van der Waals surface area contributed by atoms with E-state index in [9.17, 15) is 9.70 Å². The highest BCUT2D eigenvalue weighted by Crippen LogP contribution is 2.24. The summed E-state index contributed by atoms with van der Waals surface area (Å²) in [6, 6.07) is 8.12. The topological polar surface area (TPSA) is 77.7 Å². The molecule has 0 spiro atoms. The molecule has 1 heterocycles. The quantitative estimate of drug-likeness (QED) is 0.473. The van der Waals surface area contributed by atoms with Crippen LogP contribution in [0.1, 0.15) is 28.5 Å². The molecular weight excluding hydrogens is 324 g/mol. The van der Waals surface area contributed by atoms with Gasteiger partial charge in [0.25, 0.3) is 4.92 Å². The van der Waals surface area contributed by atoms with Crippen LogP contribution in [0.25, 0.3) is 0 Å². The Kier molecular flexibility index (Phi) is 6.07. The number of esters is 1. The first-order valence-corrected chi connectivity index (χ1v) is 7.43. The second-order valence-electron chi connectivity index (χ2n) is 4.73. The lowest BCUT2D eigenvalue weighted by Crippen LogP contribution is -2.03. The molecule has 0 bridgehead atoms. The summed E-state index contributed by atoms with van der Waals surface area (Å²) < 4.78 is 9.97. The average Bonchev–Trinajstić information content (AvgIpc) is 2.66. The van der Waals surface area contributed by atoms with Crippen LogP contribution in [0.15, 0.2) is 36.5 Å². The van der Waals surface area contributed by atoms with Gasteiger partial charge in [-0.15, -0.1) is 0 Å². The van der Waals surface area contributed by atoms with E-state index in [1.807, 2.05) is 6.92 Å². The van der Waals surface area contributed by atoms with E-state index in [4.69, 9.17) is 9.57 Å². The molecule has 0 unspecified atom stereocenters. The molecule has 7 nitrogen and oxygen atoms in total. The fraction of sp³-hybridized carbons (Fsp3) is 0.222. The van der Waals surface area contributed by atoms with E-state index in [1.54, 1.807) is 24.3 Å². The Bertz CT molecular complexity index is 835. The van der Waals surface area contributed by atoms with Crippen molar-refractivity contribution < 1.29 is 24.0 Å². The van der Waals surface area contributed by atoms with Gasteiger partial charge in [-0.25, -0.2) is 14.6 Å². The van der Waals surface area contributed by atoms with E-state index in [-0.39, 0.29) is 11.4 Å². The lowest BCUT2D eigenvalue weighted by molar-refractivity contribution is -0.736. The summed E-state index contributed by atoms with van der Waals surface area (Å²) in [5.41, 5.74) is 1.49. The van der Waals surface area contributed by atoms with Gasteiger partial charge in [0.15, 0.2) is 7.11 Å². The number of aromatic nitrogens is 1. The van der Waals surface area contributed by atoms with Crippen molar-refractivity contribution in [3.05, 3.63) is 58.3 Å². The summed E-state index contributed by atoms with van der Waals surface area (Å²) >= 11 is 0. The van der Waals surface area contributed by atoms with Crippen molar-refractivity contribution in [2.75, 3.05) is 20.8 Å². The van der Waals surface area contributed by atoms with Crippen molar-refractivity contribution in [1.29, 1.82) is 0 Å². The molecule has 0 N–H and O–H groups in total. The van der Waals surface area contributed by atoms with Crippen molar-refractivity contribution in [1.82, 2.24) is 4.98 Å². The van der Waals surface area contributed by atoms with Crippen LogP contribution in [0.3, 0.4) is 0 Å². The van der Waals surface area contributed by atoms with Crippen molar-refractivity contribution >= 4 is 11.7 Å². The molecule has 25 heavy (non-hydrogen) atoms. The Labute approximate surface area is 145 Å². The molecule has 0 saturated carbocycles. The van der Waals surface area contributed by atoms with Gasteiger partial charge >= 0.3 is 11.7 Å². The Morgan fingerprint density at radius 3 is 2.60 bits per heavy atom. The molecule has 0 aliphatic heterocycles. The van der Waals surface area contributed by atoms with Gasteiger partial charge in [-0.05, 0) is 31.2 Å². The maximum absolute atomic E-state index is 11.9. The zero-order chi connectivity index (χ0) is 18.2. The third-order valence-corrected chi connectivity index (χ3v) is 3.14. The lowest BCUT2D eigenvalue weighted by Gasteiger charge is -2.02. The van der Waals surface area contributed by atoms with Crippen LogP contribution in [0, 0.1) is 16.7 Å². The van der Waals surface area contributed by atoms with Crippen molar-refractivity contribution in [2.45, 2.75) is 6.92 Å². The van der Waals surface area contributed by atoms with Crippen LogP contribution in [0.4, 0.5) is 5.69 Å². The molecule has 2 rings (SSSR count). The molecular formula is C18H17N2O5+. The third kappa shape index (κ3) is 4.54. The Balaban J connectivity index is 2.32. The first-order valence-electron chi connectivity index (χ1n) is 7.43. The minimum atomic E-state index is -0.518. The minimum Gasteiger partial charge on any atom is -0.494 e. The average molecular weight is 341 g/mol. The zero-order valence-electron chi connectivity index (χ0n) is 14.1. The number of ether oxygens (including phenoxy) is 2. The largest absolute Gasteiger partial charge is 0.494 e. The van der Waals surface area contributed by atoms with Gasteiger partial charge in [0, 0.05) is 11.8 Å². The standard InChI is InChI=1S/C18H17N2O5/c1-4-25-15-9-8-14(17(11-15)20(22)24-3)7-5-13-6-10-16(19-12-13)18(21)23-2/h6,8-12H,4H2,1-3H3/q+1. The summed E-state index contributed by atoms with van der Waals surface area (Å²) in [5, 5.41) is 0. The van der Waals surface area contributed by atoms with Gasteiger partial charge in [-0.3, -0.25) is 0 Å². The highest BCUT2D eigenvalue weighted by atomic mass is 16.8. The number of pyridine rings is 1. The van der Waals surface area contributed by atoms with Gasteiger partial charge in [-0.1, -0.05) is 11.8 Å². The molecule has 0 saturated heterocycles.